The summed E-state index contributed by atoms with van der Waals surface area (Å²) in [6.07, 6.45) is 2.55. The van der Waals surface area contributed by atoms with Crippen LogP contribution in [0.5, 0.6) is 0 Å². The van der Waals surface area contributed by atoms with Crippen molar-refractivity contribution in [2.24, 2.45) is 0 Å². The monoisotopic (exact) mass is 230 g/mol. The first-order chi connectivity index (χ1) is 7.26. The molecule has 2 atom stereocenters. The Balaban J connectivity index is 1.99. The average molecular weight is 230 g/mol. The third kappa shape index (κ3) is 6.00. The quantitative estimate of drug-likeness (QED) is 0.516. The van der Waals surface area contributed by atoms with Gasteiger partial charge < -0.3 is 10.2 Å². The zero-order valence-corrected chi connectivity index (χ0v) is 9.54. The van der Waals surface area contributed by atoms with E-state index in [1.165, 1.54) is 12.8 Å². The van der Waals surface area contributed by atoms with Gasteiger partial charge in [0.15, 0.2) is 0 Å². The molecule has 0 amide bonds. The molecule has 0 aromatic heterocycles. The molecule has 86 valence electrons. The molecule has 1 aliphatic rings. The number of thioether (sulfide) groups is 1. The fourth-order valence-electron chi connectivity index (χ4n) is 1.19. The highest BCUT2D eigenvalue weighted by molar-refractivity contribution is 7.99. The third-order valence-corrected chi connectivity index (χ3v) is 3.39. The molecule has 15 heavy (non-hydrogen) atoms. The van der Waals surface area contributed by atoms with E-state index < -0.39 is 6.10 Å². The second-order valence-corrected chi connectivity index (χ2v) is 4.97. The Morgan fingerprint density at radius 1 is 1.53 bits per heavy atom. The minimum absolute atomic E-state index is 0.0590. The highest BCUT2D eigenvalue weighted by Gasteiger charge is 2.24. The largest absolute Gasteiger partial charge is 0.394 e. The molecule has 0 heterocycles. The van der Waals surface area contributed by atoms with Crippen molar-refractivity contribution in [2.75, 3.05) is 18.1 Å². The van der Waals surface area contributed by atoms with Crippen LogP contribution in [-0.2, 0) is 0 Å². The van der Waals surface area contributed by atoms with Crippen LogP contribution in [0.25, 0.3) is 0 Å². The molecule has 1 saturated carbocycles. The smallest absolute Gasteiger partial charge is 0.0963 e. The molecule has 2 unspecified atom stereocenters. The molecule has 0 bridgehead atoms. The van der Waals surface area contributed by atoms with Crippen LogP contribution >= 0.6 is 11.8 Å². The second kappa shape index (κ2) is 7.07. The van der Waals surface area contributed by atoms with Crippen molar-refractivity contribution < 1.29 is 10.2 Å². The first-order valence-electron chi connectivity index (χ1n) is 5.28. The lowest BCUT2D eigenvalue weighted by Gasteiger charge is -2.11. The third-order valence-electron chi connectivity index (χ3n) is 2.24. The van der Waals surface area contributed by atoms with E-state index in [1.807, 2.05) is 0 Å². The van der Waals surface area contributed by atoms with Gasteiger partial charge in [0, 0.05) is 11.8 Å². The van der Waals surface area contributed by atoms with E-state index in [4.69, 9.17) is 15.5 Å². The highest BCUT2D eigenvalue weighted by Crippen LogP contribution is 2.20. The Morgan fingerprint density at radius 3 is 2.80 bits per heavy atom. The van der Waals surface area contributed by atoms with Gasteiger partial charge in [0.1, 0.15) is 0 Å². The van der Waals surface area contributed by atoms with Crippen LogP contribution in [0.3, 0.4) is 0 Å². The molecule has 0 spiro atoms. The summed E-state index contributed by atoms with van der Waals surface area (Å²) >= 11 is 1.58. The average Bonchev–Trinajstić information content (AvgIpc) is 3.05. The molecule has 0 aromatic carbocycles. The van der Waals surface area contributed by atoms with Gasteiger partial charge in [-0.05, 0) is 25.0 Å². The SMILES string of the molecule is N#CC(CCSCC(O)CO)NC1CC1. The van der Waals surface area contributed by atoms with Gasteiger partial charge >= 0.3 is 0 Å². The first-order valence-corrected chi connectivity index (χ1v) is 6.44. The van der Waals surface area contributed by atoms with Gasteiger partial charge in [-0.3, -0.25) is 5.32 Å². The molecule has 1 aliphatic carbocycles. The van der Waals surface area contributed by atoms with Crippen LogP contribution in [0.2, 0.25) is 0 Å². The molecule has 0 radical (unpaired) electrons. The lowest BCUT2D eigenvalue weighted by atomic mass is 10.2. The van der Waals surface area contributed by atoms with E-state index in [0.717, 1.165) is 12.2 Å². The van der Waals surface area contributed by atoms with E-state index in [2.05, 4.69) is 11.4 Å². The van der Waals surface area contributed by atoms with Gasteiger partial charge in [0.2, 0.25) is 0 Å². The lowest BCUT2D eigenvalue weighted by Crippen LogP contribution is -2.30. The Morgan fingerprint density at radius 2 is 2.27 bits per heavy atom. The molecule has 1 rings (SSSR count). The van der Waals surface area contributed by atoms with Gasteiger partial charge in [-0.15, -0.1) is 0 Å². The Kier molecular flexibility index (Phi) is 6.03. The Hall–Kier alpha value is -0.280. The number of aliphatic hydroxyl groups excluding tert-OH is 2. The second-order valence-electron chi connectivity index (χ2n) is 3.82. The highest BCUT2D eigenvalue weighted by atomic mass is 32.2. The lowest BCUT2D eigenvalue weighted by molar-refractivity contribution is 0.113. The number of rotatable bonds is 8. The summed E-state index contributed by atoms with van der Waals surface area (Å²) in [7, 11) is 0. The molecule has 5 heteroatoms. The summed E-state index contributed by atoms with van der Waals surface area (Å²) in [6, 6.07) is 2.74. The molecule has 0 aliphatic heterocycles. The van der Waals surface area contributed by atoms with Crippen LogP contribution in [0.1, 0.15) is 19.3 Å². The number of hydrogen-bond donors (Lipinski definition) is 3. The minimum Gasteiger partial charge on any atom is -0.394 e. The summed E-state index contributed by atoms with van der Waals surface area (Å²) in [5.41, 5.74) is 0. The van der Waals surface area contributed by atoms with Gasteiger partial charge in [-0.25, -0.2) is 0 Å². The predicted octanol–water partition coefficient (Wildman–Crippen LogP) is 0.107. The van der Waals surface area contributed by atoms with E-state index in [9.17, 15) is 0 Å². The van der Waals surface area contributed by atoms with Crippen LogP contribution in [0.4, 0.5) is 0 Å². The molecular formula is C10H18N2O2S. The minimum atomic E-state index is -0.632. The molecule has 1 fully saturated rings. The van der Waals surface area contributed by atoms with Crippen molar-refractivity contribution in [3.05, 3.63) is 0 Å². The maximum Gasteiger partial charge on any atom is 0.0963 e. The van der Waals surface area contributed by atoms with Crippen molar-refractivity contribution in [2.45, 2.75) is 37.5 Å². The van der Waals surface area contributed by atoms with Crippen LogP contribution in [-0.4, -0.2) is 46.5 Å². The summed E-state index contributed by atoms with van der Waals surface area (Å²) in [5.74, 6) is 1.38. The summed E-state index contributed by atoms with van der Waals surface area (Å²) in [5, 5.41) is 29.8. The predicted molar refractivity (Wildman–Crippen MR) is 60.6 cm³/mol. The van der Waals surface area contributed by atoms with Crippen molar-refractivity contribution in [1.82, 2.24) is 5.32 Å². The van der Waals surface area contributed by atoms with E-state index in [-0.39, 0.29) is 12.6 Å². The van der Waals surface area contributed by atoms with Crippen LogP contribution in [0, 0.1) is 11.3 Å². The summed E-state index contributed by atoms with van der Waals surface area (Å²) < 4.78 is 0. The maximum absolute atomic E-state index is 9.08. The molecule has 3 N–H and O–H groups in total. The zero-order chi connectivity index (χ0) is 11.1. The molecular weight excluding hydrogens is 212 g/mol. The van der Waals surface area contributed by atoms with Crippen LogP contribution in [0.15, 0.2) is 0 Å². The van der Waals surface area contributed by atoms with Gasteiger partial charge in [-0.2, -0.15) is 17.0 Å². The summed E-state index contributed by atoms with van der Waals surface area (Å²) in [4.78, 5) is 0. The van der Waals surface area contributed by atoms with E-state index in [1.54, 1.807) is 11.8 Å². The van der Waals surface area contributed by atoms with Gasteiger partial charge in [0.05, 0.1) is 24.8 Å². The van der Waals surface area contributed by atoms with Crippen molar-refractivity contribution >= 4 is 11.8 Å². The maximum atomic E-state index is 9.08. The Labute approximate surface area is 94.7 Å². The standard InChI is InChI=1S/C10H18N2O2S/c11-5-9(12-8-1-2-8)3-4-15-7-10(14)6-13/h8-10,12-14H,1-4,6-7H2. The van der Waals surface area contributed by atoms with Gasteiger partial charge in [-0.1, -0.05) is 0 Å². The van der Waals surface area contributed by atoms with E-state index in [0.29, 0.717) is 11.8 Å². The first kappa shape index (κ1) is 12.8. The number of aliphatic hydroxyl groups is 2. The molecule has 0 aromatic rings. The molecule has 4 nitrogen and oxygen atoms in total. The van der Waals surface area contributed by atoms with Crippen molar-refractivity contribution in [3.8, 4) is 6.07 Å². The zero-order valence-electron chi connectivity index (χ0n) is 8.72. The topological polar surface area (TPSA) is 76.3 Å². The van der Waals surface area contributed by atoms with Crippen molar-refractivity contribution in [3.63, 3.8) is 0 Å². The molecule has 0 saturated heterocycles. The number of nitrogens with one attached hydrogen (secondary N) is 1. The fraction of sp³-hybridized carbons (Fsp3) is 0.900. The van der Waals surface area contributed by atoms with Crippen molar-refractivity contribution in [1.29, 1.82) is 5.26 Å². The number of nitrogens with zero attached hydrogens (tertiary/aromatic N) is 1. The van der Waals surface area contributed by atoms with E-state index >= 15 is 0 Å². The number of hydrogen-bond acceptors (Lipinski definition) is 5. The van der Waals surface area contributed by atoms with Gasteiger partial charge in [0.25, 0.3) is 0 Å². The van der Waals surface area contributed by atoms with Crippen LogP contribution < -0.4 is 5.32 Å². The number of nitriles is 1. The Bertz CT molecular complexity index is 216. The summed E-state index contributed by atoms with van der Waals surface area (Å²) in [6.45, 7) is -0.186. The fourth-order valence-corrected chi connectivity index (χ4v) is 2.14. The normalized spacial score (nSPS) is 19.5.